The zero-order chi connectivity index (χ0) is 13.1. The molecule has 2 amide bonds. The van der Waals surface area contributed by atoms with Gasteiger partial charge in [0, 0.05) is 19.1 Å². The van der Waals surface area contributed by atoms with Crippen molar-refractivity contribution in [2.75, 3.05) is 26.3 Å². The van der Waals surface area contributed by atoms with Gasteiger partial charge in [0.15, 0.2) is 0 Å². The second-order valence-corrected chi connectivity index (χ2v) is 5.06. The van der Waals surface area contributed by atoms with Crippen LogP contribution in [0, 0.1) is 0 Å². The Bertz CT molecular complexity index is 332. The normalized spacial score (nSPS) is 27.3. The van der Waals surface area contributed by atoms with Crippen molar-refractivity contribution in [3.63, 3.8) is 0 Å². The number of likely N-dealkylation sites (tertiary alicyclic amines) is 1. The van der Waals surface area contributed by atoms with E-state index in [1.54, 1.807) is 4.90 Å². The summed E-state index contributed by atoms with van der Waals surface area (Å²) in [7, 11) is 0. The third-order valence-electron chi connectivity index (χ3n) is 3.42. The van der Waals surface area contributed by atoms with Crippen LogP contribution in [0.2, 0.25) is 0 Å². The fourth-order valence-electron chi connectivity index (χ4n) is 2.35. The molecule has 6 nitrogen and oxygen atoms in total. The molecule has 0 bridgehead atoms. The van der Waals surface area contributed by atoms with Gasteiger partial charge in [0.1, 0.15) is 12.1 Å². The maximum absolute atomic E-state index is 12.0. The van der Waals surface area contributed by atoms with Crippen LogP contribution < -0.4 is 10.6 Å². The second-order valence-electron chi connectivity index (χ2n) is 5.06. The average Bonchev–Trinajstić information content (AvgIpc) is 2.72. The Morgan fingerprint density at radius 3 is 2.79 bits per heavy atom. The lowest BCUT2D eigenvalue weighted by Gasteiger charge is -2.25. The summed E-state index contributed by atoms with van der Waals surface area (Å²) in [6.07, 6.45) is 0.691. The van der Waals surface area contributed by atoms with Crippen LogP contribution in [0.5, 0.6) is 0 Å². The van der Waals surface area contributed by atoms with E-state index < -0.39 is 0 Å². The van der Waals surface area contributed by atoms with E-state index in [-0.39, 0.29) is 42.3 Å². The van der Waals surface area contributed by atoms with Crippen LogP contribution in [0.1, 0.15) is 20.3 Å². The molecule has 0 aromatic heterocycles. The zero-order valence-electron chi connectivity index (χ0n) is 11.3. The van der Waals surface area contributed by atoms with Crippen LogP contribution in [0.25, 0.3) is 0 Å². The van der Waals surface area contributed by atoms with E-state index in [1.165, 1.54) is 0 Å². The van der Waals surface area contributed by atoms with Crippen molar-refractivity contribution in [2.24, 2.45) is 0 Å². The van der Waals surface area contributed by atoms with Gasteiger partial charge in [-0.3, -0.25) is 9.59 Å². The lowest BCUT2D eigenvalue weighted by molar-refractivity contribution is -0.135. The minimum Gasteiger partial charge on any atom is -0.378 e. The van der Waals surface area contributed by atoms with Crippen molar-refractivity contribution in [3.8, 4) is 0 Å². The molecule has 2 unspecified atom stereocenters. The number of hydrogen-bond donors (Lipinski definition) is 2. The van der Waals surface area contributed by atoms with Gasteiger partial charge in [0.05, 0.1) is 13.2 Å². The third-order valence-corrected chi connectivity index (χ3v) is 3.42. The van der Waals surface area contributed by atoms with Crippen molar-refractivity contribution in [2.45, 2.75) is 38.4 Å². The quantitative estimate of drug-likeness (QED) is 0.737. The summed E-state index contributed by atoms with van der Waals surface area (Å²) in [5.74, 6) is -0.117. The smallest absolute Gasteiger partial charge is 0.245 e. The first-order valence-corrected chi connectivity index (χ1v) is 6.51. The van der Waals surface area contributed by atoms with Gasteiger partial charge < -0.3 is 20.3 Å². The topological polar surface area (TPSA) is 70.7 Å². The second kappa shape index (κ2) is 7.07. The Labute approximate surface area is 119 Å². The van der Waals surface area contributed by atoms with E-state index in [4.69, 9.17) is 4.74 Å². The Morgan fingerprint density at radius 1 is 1.53 bits per heavy atom. The minimum atomic E-state index is -0.372. The number of halogens is 1. The summed E-state index contributed by atoms with van der Waals surface area (Å²) in [5.41, 5.74) is 0. The van der Waals surface area contributed by atoms with Gasteiger partial charge in [0.25, 0.3) is 0 Å². The van der Waals surface area contributed by atoms with Gasteiger partial charge in [-0.1, -0.05) is 0 Å². The molecular weight excluding hydrogens is 270 g/mol. The van der Waals surface area contributed by atoms with Gasteiger partial charge >= 0.3 is 0 Å². The molecule has 2 rings (SSSR count). The number of rotatable bonds is 3. The molecule has 19 heavy (non-hydrogen) atoms. The number of carbonyl (C=O) groups excluding carboxylic acids is 2. The van der Waals surface area contributed by atoms with Crippen molar-refractivity contribution < 1.29 is 14.3 Å². The van der Waals surface area contributed by atoms with Gasteiger partial charge in [-0.25, -0.2) is 0 Å². The highest BCUT2D eigenvalue weighted by molar-refractivity contribution is 5.91. The predicted molar refractivity (Wildman–Crippen MR) is 73.3 cm³/mol. The molecule has 0 aromatic rings. The van der Waals surface area contributed by atoms with Crippen LogP contribution in [0.15, 0.2) is 0 Å². The number of amides is 2. The highest BCUT2D eigenvalue weighted by Gasteiger charge is 2.35. The van der Waals surface area contributed by atoms with Crippen LogP contribution in [0.4, 0.5) is 0 Å². The summed E-state index contributed by atoms with van der Waals surface area (Å²) in [4.78, 5) is 25.8. The molecule has 0 aromatic carbocycles. The fraction of sp³-hybridized carbons (Fsp3) is 0.833. The monoisotopic (exact) mass is 291 g/mol. The van der Waals surface area contributed by atoms with Gasteiger partial charge in [-0.2, -0.15) is 0 Å². The number of nitrogens with one attached hydrogen (secondary N) is 2. The molecular formula is C12H22ClN3O3. The molecule has 0 radical (unpaired) electrons. The number of carbonyl (C=O) groups is 2. The van der Waals surface area contributed by atoms with E-state index in [2.05, 4.69) is 10.6 Å². The van der Waals surface area contributed by atoms with E-state index in [0.29, 0.717) is 26.2 Å². The first-order chi connectivity index (χ1) is 8.59. The first-order valence-electron chi connectivity index (χ1n) is 6.51. The maximum Gasteiger partial charge on any atom is 0.245 e. The summed E-state index contributed by atoms with van der Waals surface area (Å²) < 4.78 is 5.24. The number of hydrogen-bond acceptors (Lipinski definition) is 4. The molecule has 0 spiro atoms. The van der Waals surface area contributed by atoms with E-state index in [1.807, 2.05) is 13.8 Å². The van der Waals surface area contributed by atoms with Crippen molar-refractivity contribution in [3.05, 3.63) is 0 Å². The summed E-state index contributed by atoms with van der Waals surface area (Å²) >= 11 is 0. The Balaban J connectivity index is 0.00000180. The first kappa shape index (κ1) is 16.2. The van der Waals surface area contributed by atoms with Gasteiger partial charge in [0.2, 0.25) is 11.8 Å². The van der Waals surface area contributed by atoms with Crippen LogP contribution in [-0.4, -0.2) is 61.1 Å². The lowest BCUT2D eigenvalue weighted by atomic mass is 10.2. The molecule has 2 N–H and O–H groups in total. The fourth-order valence-corrected chi connectivity index (χ4v) is 2.35. The van der Waals surface area contributed by atoms with Crippen molar-refractivity contribution in [1.82, 2.24) is 15.5 Å². The van der Waals surface area contributed by atoms with Crippen molar-refractivity contribution >= 4 is 24.2 Å². The maximum atomic E-state index is 12.0. The third kappa shape index (κ3) is 3.81. The van der Waals surface area contributed by atoms with Crippen LogP contribution in [-0.2, 0) is 14.3 Å². The molecule has 2 aliphatic rings. The molecule has 7 heteroatoms. The Hall–Kier alpha value is -0.850. The highest BCUT2D eigenvalue weighted by atomic mass is 35.5. The summed E-state index contributed by atoms with van der Waals surface area (Å²) in [6, 6.07) is -0.515. The van der Waals surface area contributed by atoms with E-state index >= 15 is 0 Å². The largest absolute Gasteiger partial charge is 0.378 e. The molecule has 2 heterocycles. The Morgan fingerprint density at radius 2 is 2.26 bits per heavy atom. The molecule has 0 saturated carbocycles. The molecule has 2 aliphatic heterocycles. The number of nitrogens with zero attached hydrogens (tertiary/aromatic N) is 1. The predicted octanol–water partition coefficient (Wildman–Crippen LogP) is -0.478. The Kier molecular flexibility index (Phi) is 6.03. The molecule has 2 saturated heterocycles. The SMILES string of the molecule is CC(C)N1CCC(NC(=O)C2COCCN2)C1=O.Cl. The zero-order valence-corrected chi connectivity index (χ0v) is 12.2. The lowest BCUT2D eigenvalue weighted by Crippen LogP contribution is -2.54. The van der Waals surface area contributed by atoms with E-state index in [9.17, 15) is 9.59 Å². The highest BCUT2D eigenvalue weighted by Crippen LogP contribution is 2.14. The van der Waals surface area contributed by atoms with Gasteiger partial charge in [-0.05, 0) is 20.3 Å². The summed E-state index contributed by atoms with van der Waals surface area (Å²) in [6.45, 7) is 6.37. The number of morpholine rings is 1. The molecule has 110 valence electrons. The average molecular weight is 292 g/mol. The van der Waals surface area contributed by atoms with Crippen LogP contribution in [0.3, 0.4) is 0 Å². The van der Waals surface area contributed by atoms with Crippen molar-refractivity contribution in [1.29, 1.82) is 0 Å². The molecule has 2 atom stereocenters. The van der Waals surface area contributed by atoms with Gasteiger partial charge in [-0.15, -0.1) is 12.4 Å². The minimum absolute atomic E-state index is 0. The molecule has 0 aliphatic carbocycles. The summed E-state index contributed by atoms with van der Waals surface area (Å²) in [5, 5.41) is 5.89. The van der Waals surface area contributed by atoms with E-state index in [0.717, 1.165) is 6.54 Å². The number of ether oxygens (including phenoxy) is 1. The standard InChI is InChI=1S/C12H21N3O3.ClH/c1-8(2)15-5-3-9(12(15)17)14-11(16)10-7-18-6-4-13-10;/h8-10,13H,3-7H2,1-2H3,(H,14,16);1H. The van der Waals surface area contributed by atoms with Crippen LogP contribution >= 0.6 is 12.4 Å². The molecule has 2 fully saturated rings.